The van der Waals surface area contributed by atoms with Crippen LogP contribution in [0.1, 0.15) is 31.1 Å². The largest absolute Gasteiger partial charge is 0.478 e. The first-order chi connectivity index (χ1) is 12.1. The highest BCUT2D eigenvalue weighted by Gasteiger charge is 2.38. The molecule has 4 rings (SSSR count). The number of nitrogens with zero attached hydrogens (tertiary/aromatic N) is 5. The minimum absolute atomic E-state index is 0.0326. The minimum Gasteiger partial charge on any atom is -0.478 e. The molecular formula is C16H9N5O4. The van der Waals surface area contributed by atoms with E-state index in [4.69, 9.17) is 0 Å². The maximum absolute atomic E-state index is 12.8. The van der Waals surface area contributed by atoms with E-state index in [1.807, 2.05) is 0 Å². The van der Waals surface area contributed by atoms with E-state index in [-0.39, 0.29) is 22.4 Å². The Morgan fingerprint density at radius 3 is 2.48 bits per heavy atom. The number of anilines is 1. The number of amides is 2. The van der Waals surface area contributed by atoms with Crippen molar-refractivity contribution in [2.24, 2.45) is 0 Å². The molecular weight excluding hydrogens is 326 g/mol. The fourth-order valence-electron chi connectivity index (χ4n) is 2.72. The SMILES string of the molecule is O=C(O)c1ccccc1N1C(=O)c2ccc(-n3cnnn3)cc2C1=O. The molecule has 0 aliphatic carbocycles. The number of hydrogen-bond acceptors (Lipinski definition) is 6. The molecule has 0 unspecified atom stereocenters. The van der Waals surface area contributed by atoms with Gasteiger partial charge in [-0.1, -0.05) is 12.1 Å². The van der Waals surface area contributed by atoms with E-state index < -0.39 is 17.8 Å². The van der Waals surface area contributed by atoms with Crippen molar-refractivity contribution in [3.05, 3.63) is 65.5 Å². The summed E-state index contributed by atoms with van der Waals surface area (Å²) in [6.07, 6.45) is 1.36. The third kappa shape index (κ3) is 2.17. The molecule has 0 fully saturated rings. The van der Waals surface area contributed by atoms with Gasteiger partial charge in [-0.15, -0.1) is 5.10 Å². The quantitative estimate of drug-likeness (QED) is 0.713. The van der Waals surface area contributed by atoms with Crippen molar-refractivity contribution in [2.45, 2.75) is 0 Å². The molecule has 0 atom stereocenters. The number of carbonyl (C=O) groups excluding carboxylic acids is 2. The third-order valence-corrected chi connectivity index (χ3v) is 3.86. The van der Waals surface area contributed by atoms with Gasteiger partial charge in [-0.05, 0) is 40.8 Å². The van der Waals surface area contributed by atoms with Crippen molar-refractivity contribution in [3.63, 3.8) is 0 Å². The Morgan fingerprint density at radius 1 is 1.00 bits per heavy atom. The van der Waals surface area contributed by atoms with Gasteiger partial charge in [0.15, 0.2) is 0 Å². The zero-order valence-electron chi connectivity index (χ0n) is 12.5. The lowest BCUT2D eigenvalue weighted by molar-refractivity contribution is 0.0698. The first-order valence-electron chi connectivity index (χ1n) is 7.16. The molecule has 2 aromatic carbocycles. The molecule has 9 nitrogen and oxygen atoms in total. The second kappa shape index (κ2) is 5.34. The van der Waals surface area contributed by atoms with Crippen LogP contribution in [-0.4, -0.2) is 43.1 Å². The second-order valence-corrected chi connectivity index (χ2v) is 5.25. The molecule has 1 N–H and O–H groups in total. The lowest BCUT2D eigenvalue weighted by Crippen LogP contribution is -2.30. The molecule has 0 bridgehead atoms. The fourth-order valence-corrected chi connectivity index (χ4v) is 2.72. The number of carbonyl (C=O) groups is 3. The standard InChI is InChI=1S/C16H9N5O4/c22-14-10-6-5-9(20-8-17-18-19-20)7-12(10)15(23)21(14)13-4-2-1-3-11(13)16(24)25/h1-8H,(H,24,25). The van der Waals surface area contributed by atoms with Gasteiger partial charge in [-0.25, -0.2) is 14.4 Å². The van der Waals surface area contributed by atoms with E-state index in [0.717, 1.165) is 4.90 Å². The first-order valence-corrected chi connectivity index (χ1v) is 7.16. The van der Waals surface area contributed by atoms with Crippen molar-refractivity contribution >= 4 is 23.5 Å². The summed E-state index contributed by atoms with van der Waals surface area (Å²) in [6, 6.07) is 10.5. The number of aromatic carboxylic acids is 1. The summed E-state index contributed by atoms with van der Waals surface area (Å²) in [7, 11) is 0. The zero-order chi connectivity index (χ0) is 17.6. The van der Waals surface area contributed by atoms with Crippen LogP contribution in [0.25, 0.3) is 5.69 Å². The van der Waals surface area contributed by atoms with Crippen LogP contribution in [0, 0.1) is 0 Å². The van der Waals surface area contributed by atoms with Crippen molar-refractivity contribution in [1.29, 1.82) is 0 Å². The smallest absolute Gasteiger partial charge is 0.337 e. The zero-order valence-corrected chi connectivity index (χ0v) is 12.5. The molecule has 2 amide bonds. The number of para-hydroxylation sites is 1. The Labute approximate surface area is 140 Å². The van der Waals surface area contributed by atoms with Gasteiger partial charge in [-0.2, -0.15) is 0 Å². The van der Waals surface area contributed by atoms with Crippen LogP contribution < -0.4 is 4.90 Å². The minimum atomic E-state index is -1.22. The Hall–Kier alpha value is -3.88. The van der Waals surface area contributed by atoms with Crippen molar-refractivity contribution in [3.8, 4) is 5.69 Å². The lowest BCUT2D eigenvalue weighted by Gasteiger charge is -2.16. The van der Waals surface area contributed by atoms with Crippen LogP contribution in [0.4, 0.5) is 5.69 Å². The molecule has 2 heterocycles. The second-order valence-electron chi connectivity index (χ2n) is 5.25. The van der Waals surface area contributed by atoms with Crippen molar-refractivity contribution < 1.29 is 19.5 Å². The van der Waals surface area contributed by atoms with Gasteiger partial charge in [0.1, 0.15) is 6.33 Å². The summed E-state index contributed by atoms with van der Waals surface area (Å²) in [6.45, 7) is 0. The molecule has 0 spiro atoms. The number of rotatable bonds is 3. The summed E-state index contributed by atoms with van der Waals surface area (Å²) >= 11 is 0. The summed E-state index contributed by atoms with van der Waals surface area (Å²) in [5, 5.41) is 20.1. The maximum Gasteiger partial charge on any atom is 0.337 e. The molecule has 25 heavy (non-hydrogen) atoms. The predicted molar refractivity (Wildman–Crippen MR) is 83.7 cm³/mol. The summed E-state index contributed by atoms with van der Waals surface area (Å²) in [5.41, 5.74) is 0.779. The number of hydrogen-bond donors (Lipinski definition) is 1. The van der Waals surface area contributed by atoms with E-state index >= 15 is 0 Å². The third-order valence-electron chi connectivity index (χ3n) is 3.86. The molecule has 0 saturated carbocycles. The number of tetrazole rings is 1. The topological polar surface area (TPSA) is 118 Å². The van der Waals surface area contributed by atoms with E-state index in [2.05, 4.69) is 15.5 Å². The van der Waals surface area contributed by atoms with Gasteiger partial charge in [0.2, 0.25) is 0 Å². The fraction of sp³-hybridized carbons (Fsp3) is 0. The number of benzene rings is 2. The van der Waals surface area contributed by atoms with Gasteiger partial charge in [0, 0.05) is 0 Å². The van der Waals surface area contributed by atoms with Crippen molar-refractivity contribution in [2.75, 3.05) is 4.90 Å². The Balaban J connectivity index is 1.83. The van der Waals surface area contributed by atoms with Crippen LogP contribution in [-0.2, 0) is 0 Å². The predicted octanol–water partition coefficient (Wildman–Crippen LogP) is 1.16. The maximum atomic E-state index is 12.8. The summed E-state index contributed by atoms with van der Waals surface area (Å²) < 4.78 is 1.35. The van der Waals surface area contributed by atoms with Crippen molar-refractivity contribution in [1.82, 2.24) is 20.2 Å². The molecule has 0 radical (unpaired) electrons. The number of fused-ring (bicyclic) bond motifs is 1. The monoisotopic (exact) mass is 335 g/mol. The van der Waals surface area contributed by atoms with E-state index in [9.17, 15) is 19.5 Å². The van der Waals surface area contributed by atoms with E-state index in [1.54, 1.807) is 12.1 Å². The normalized spacial score (nSPS) is 13.2. The van der Waals surface area contributed by atoms with Gasteiger partial charge in [0.05, 0.1) is 28.1 Å². The molecule has 1 aromatic heterocycles. The number of aromatic nitrogens is 4. The molecule has 3 aromatic rings. The Morgan fingerprint density at radius 2 is 1.76 bits per heavy atom. The molecule has 1 aliphatic rings. The number of imide groups is 1. The molecule has 122 valence electrons. The number of carboxylic acid groups (broad SMARTS) is 1. The van der Waals surface area contributed by atoms with E-state index in [1.165, 1.54) is 41.3 Å². The van der Waals surface area contributed by atoms with Crippen LogP contribution in [0.2, 0.25) is 0 Å². The van der Waals surface area contributed by atoms with Gasteiger partial charge >= 0.3 is 5.97 Å². The average molecular weight is 335 g/mol. The first kappa shape index (κ1) is 14.7. The molecule has 9 heteroatoms. The number of carboxylic acids is 1. The average Bonchev–Trinajstić information content (AvgIpc) is 3.23. The van der Waals surface area contributed by atoms with E-state index in [0.29, 0.717) is 5.69 Å². The van der Waals surface area contributed by atoms with Gasteiger partial charge in [-0.3, -0.25) is 9.59 Å². The highest BCUT2D eigenvalue weighted by Crippen LogP contribution is 2.31. The van der Waals surface area contributed by atoms with Crippen LogP contribution >= 0.6 is 0 Å². The lowest BCUT2D eigenvalue weighted by atomic mass is 10.1. The van der Waals surface area contributed by atoms with Crippen LogP contribution in [0.3, 0.4) is 0 Å². The molecule has 1 aliphatic heterocycles. The van der Waals surface area contributed by atoms with Gasteiger partial charge < -0.3 is 5.11 Å². The Bertz CT molecular complexity index is 1030. The molecule has 0 saturated heterocycles. The summed E-state index contributed by atoms with van der Waals surface area (Å²) in [4.78, 5) is 37.7. The highest BCUT2D eigenvalue weighted by atomic mass is 16.4. The van der Waals surface area contributed by atoms with Crippen LogP contribution in [0.5, 0.6) is 0 Å². The highest BCUT2D eigenvalue weighted by molar-refractivity contribution is 6.35. The van der Waals surface area contributed by atoms with Crippen LogP contribution in [0.15, 0.2) is 48.8 Å². The van der Waals surface area contributed by atoms with Gasteiger partial charge in [0.25, 0.3) is 11.8 Å². The Kier molecular flexibility index (Phi) is 3.14. The summed E-state index contributed by atoms with van der Waals surface area (Å²) in [5.74, 6) is -2.39.